The molecule has 1 heterocycles. The lowest BCUT2D eigenvalue weighted by Gasteiger charge is -2.57. The molecule has 7 nitrogen and oxygen atoms in total. The van der Waals surface area contributed by atoms with E-state index in [1.54, 1.807) is 42.1 Å². The molecular weight excluding hydrogens is 490 g/mol. The van der Waals surface area contributed by atoms with Crippen LogP contribution >= 0.6 is 0 Å². The number of ketones is 2. The van der Waals surface area contributed by atoms with E-state index in [9.17, 15) is 14.7 Å². The Labute approximate surface area is 231 Å². The molecule has 0 radical (unpaired) electrons. The third kappa shape index (κ3) is 4.66. The van der Waals surface area contributed by atoms with Crippen molar-refractivity contribution < 1.29 is 19.4 Å². The number of aliphatic hydroxyl groups is 1. The first-order chi connectivity index (χ1) is 18.7. The Morgan fingerprint density at radius 3 is 2.64 bits per heavy atom. The van der Waals surface area contributed by atoms with Crippen molar-refractivity contribution in [3.05, 3.63) is 53.4 Å². The fourth-order valence-corrected chi connectivity index (χ4v) is 8.87. The number of carbonyl (C=O) groups is 2. The summed E-state index contributed by atoms with van der Waals surface area (Å²) in [4.78, 5) is 25.1. The Bertz CT molecular complexity index is 1280. The first-order valence-electron chi connectivity index (χ1n) is 14.7. The number of aromatic nitrogens is 3. The SMILES string of the molecule is CC(=O)c1ccc(OCc2cn(CC(=O)[C@H]3CC[C@H]4[C@@H]5CC=C6CC(O)CC[C@]6(C)[C@H]5CC[C@]34C)nn2)cc1. The number of carbonyl (C=O) groups excluding carboxylic acids is 2. The quantitative estimate of drug-likeness (QED) is 0.371. The van der Waals surface area contributed by atoms with Crippen molar-refractivity contribution in [2.24, 2.45) is 34.5 Å². The Hall–Kier alpha value is -2.80. The third-order valence-electron chi connectivity index (χ3n) is 11.0. The zero-order chi connectivity index (χ0) is 27.4. The van der Waals surface area contributed by atoms with Crippen LogP contribution in [0.1, 0.15) is 88.2 Å². The van der Waals surface area contributed by atoms with Gasteiger partial charge in [0, 0.05) is 11.5 Å². The molecule has 1 aromatic carbocycles. The molecule has 1 aromatic heterocycles. The highest BCUT2D eigenvalue weighted by molar-refractivity contribution is 5.94. The molecule has 208 valence electrons. The summed E-state index contributed by atoms with van der Waals surface area (Å²) in [5.74, 6) is 2.93. The molecule has 6 rings (SSSR count). The van der Waals surface area contributed by atoms with Gasteiger partial charge in [0.25, 0.3) is 0 Å². The second-order valence-electron chi connectivity index (χ2n) is 13.1. The number of benzene rings is 1. The van der Waals surface area contributed by atoms with E-state index in [2.05, 4.69) is 30.2 Å². The van der Waals surface area contributed by atoms with E-state index < -0.39 is 0 Å². The number of nitrogens with zero attached hydrogens (tertiary/aromatic N) is 3. The number of allylic oxidation sites excluding steroid dienone is 1. The molecule has 0 saturated heterocycles. The standard InChI is InChI=1S/C32H41N3O4/c1-20(36)21-4-7-25(8-5-21)39-19-23-17-35(34-33-23)18-30(38)29-11-10-27-26-9-6-22-16-24(37)12-14-31(22,2)28(26)13-15-32(27,29)3/h4-8,17,24,26-29,37H,9-16,18-19H2,1-3H3/t24?,26-,27-,28-,29+,31-,32-/m0/s1. The molecule has 0 spiro atoms. The maximum Gasteiger partial charge on any atom is 0.159 e. The van der Waals surface area contributed by atoms with E-state index in [-0.39, 0.29) is 47.6 Å². The molecule has 3 fully saturated rings. The largest absolute Gasteiger partial charge is 0.487 e. The minimum atomic E-state index is -0.175. The van der Waals surface area contributed by atoms with E-state index in [0.717, 1.165) is 44.9 Å². The zero-order valence-electron chi connectivity index (χ0n) is 23.4. The van der Waals surface area contributed by atoms with Crippen molar-refractivity contribution in [2.75, 3.05) is 0 Å². The molecule has 7 atom stereocenters. The fourth-order valence-electron chi connectivity index (χ4n) is 8.87. The topological polar surface area (TPSA) is 94.3 Å². The lowest BCUT2D eigenvalue weighted by molar-refractivity contribution is -0.130. The van der Waals surface area contributed by atoms with Crippen molar-refractivity contribution in [3.8, 4) is 5.75 Å². The highest BCUT2D eigenvalue weighted by Gasteiger charge is 2.59. The van der Waals surface area contributed by atoms with Gasteiger partial charge in [0.1, 0.15) is 24.6 Å². The predicted octanol–water partition coefficient (Wildman–Crippen LogP) is 5.57. The maximum atomic E-state index is 13.7. The van der Waals surface area contributed by atoms with Crippen molar-refractivity contribution in [3.63, 3.8) is 0 Å². The lowest BCUT2D eigenvalue weighted by atomic mass is 9.47. The van der Waals surface area contributed by atoms with Crippen LogP contribution in [0.15, 0.2) is 42.1 Å². The van der Waals surface area contributed by atoms with Crippen LogP contribution in [0.5, 0.6) is 5.75 Å². The van der Waals surface area contributed by atoms with E-state index in [1.807, 2.05) is 0 Å². The van der Waals surface area contributed by atoms with Gasteiger partial charge in [-0.3, -0.25) is 9.59 Å². The molecule has 0 aliphatic heterocycles. The number of aliphatic hydroxyl groups excluding tert-OH is 1. The summed E-state index contributed by atoms with van der Waals surface area (Å²) < 4.78 is 7.46. The number of hydrogen-bond acceptors (Lipinski definition) is 6. The van der Waals surface area contributed by atoms with Crippen molar-refractivity contribution >= 4 is 11.6 Å². The van der Waals surface area contributed by atoms with Crippen LogP contribution in [0.4, 0.5) is 0 Å². The van der Waals surface area contributed by atoms with Gasteiger partial charge in [-0.2, -0.15) is 0 Å². The summed E-state index contributed by atoms with van der Waals surface area (Å²) in [5, 5.41) is 18.7. The van der Waals surface area contributed by atoms with E-state index in [4.69, 9.17) is 4.74 Å². The molecule has 1 N–H and O–H groups in total. The van der Waals surface area contributed by atoms with Gasteiger partial charge in [-0.05, 0) is 111 Å². The highest BCUT2D eigenvalue weighted by Crippen LogP contribution is 2.66. The van der Waals surface area contributed by atoms with Crippen molar-refractivity contribution in [1.29, 1.82) is 0 Å². The summed E-state index contributed by atoms with van der Waals surface area (Å²) in [6, 6.07) is 7.05. The molecular formula is C32H41N3O4. The maximum absolute atomic E-state index is 13.7. The summed E-state index contributed by atoms with van der Waals surface area (Å²) in [5.41, 5.74) is 3.09. The van der Waals surface area contributed by atoms with Gasteiger partial charge < -0.3 is 9.84 Å². The van der Waals surface area contributed by atoms with Crippen molar-refractivity contribution in [1.82, 2.24) is 15.0 Å². The van der Waals surface area contributed by atoms with E-state index >= 15 is 0 Å². The van der Waals surface area contributed by atoms with Gasteiger partial charge in [-0.1, -0.05) is 30.7 Å². The molecule has 7 heteroatoms. The second-order valence-corrected chi connectivity index (χ2v) is 13.1. The van der Waals surface area contributed by atoms with Crippen LogP contribution in [0, 0.1) is 34.5 Å². The Morgan fingerprint density at radius 2 is 1.87 bits per heavy atom. The van der Waals surface area contributed by atoms with Gasteiger partial charge in [0.05, 0.1) is 12.3 Å². The van der Waals surface area contributed by atoms with Crippen LogP contribution in [0.2, 0.25) is 0 Å². The van der Waals surface area contributed by atoms with Crippen LogP contribution in [-0.2, 0) is 17.9 Å². The van der Waals surface area contributed by atoms with Crippen LogP contribution in [0.25, 0.3) is 0 Å². The summed E-state index contributed by atoms with van der Waals surface area (Å²) in [6.07, 6.45) is 12.4. The number of ether oxygens (including phenoxy) is 1. The van der Waals surface area contributed by atoms with Crippen LogP contribution < -0.4 is 4.74 Å². The number of Topliss-reactive ketones (excluding diaryl/α,β-unsaturated/α-hetero) is 2. The fraction of sp³-hybridized carbons (Fsp3) is 0.625. The van der Waals surface area contributed by atoms with E-state index in [0.29, 0.717) is 34.8 Å². The number of rotatable bonds is 7. The first kappa shape index (κ1) is 26.4. The third-order valence-corrected chi connectivity index (χ3v) is 11.0. The summed E-state index contributed by atoms with van der Waals surface area (Å²) in [6.45, 7) is 6.88. The van der Waals surface area contributed by atoms with Gasteiger partial charge in [0.15, 0.2) is 11.6 Å². The molecule has 2 aromatic rings. The van der Waals surface area contributed by atoms with E-state index in [1.165, 1.54) is 12.0 Å². The Balaban J connectivity index is 1.09. The van der Waals surface area contributed by atoms with Gasteiger partial charge in [0.2, 0.25) is 0 Å². The molecule has 4 aliphatic carbocycles. The van der Waals surface area contributed by atoms with Crippen LogP contribution in [0.3, 0.4) is 0 Å². The highest BCUT2D eigenvalue weighted by atomic mass is 16.5. The van der Waals surface area contributed by atoms with Crippen molar-refractivity contribution in [2.45, 2.75) is 91.4 Å². The summed E-state index contributed by atoms with van der Waals surface area (Å²) >= 11 is 0. The molecule has 1 unspecified atom stereocenters. The van der Waals surface area contributed by atoms with Gasteiger partial charge in [-0.25, -0.2) is 4.68 Å². The average Bonchev–Trinajstić information content (AvgIpc) is 3.51. The monoisotopic (exact) mass is 531 g/mol. The minimum absolute atomic E-state index is 0.0219. The predicted molar refractivity (Wildman–Crippen MR) is 147 cm³/mol. The van der Waals surface area contributed by atoms with Crippen LogP contribution in [-0.4, -0.2) is 37.8 Å². The number of fused-ring (bicyclic) bond motifs is 5. The molecule has 4 aliphatic rings. The average molecular weight is 532 g/mol. The second kappa shape index (κ2) is 9.99. The molecule has 3 saturated carbocycles. The minimum Gasteiger partial charge on any atom is -0.487 e. The zero-order valence-corrected chi connectivity index (χ0v) is 23.4. The normalized spacial score (nSPS) is 35.4. The Kier molecular flexibility index (Phi) is 6.77. The molecule has 39 heavy (non-hydrogen) atoms. The first-order valence-corrected chi connectivity index (χ1v) is 14.7. The number of hydrogen-bond donors (Lipinski definition) is 1. The van der Waals surface area contributed by atoms with Gasteiger partial charge in [-0.15, -0.1) is 5.10 Å². The molecule has 0 bridgehead atoms. The smallest absolute Gasteiger partial charge is 0.159 e. The summed E-state index contributed by atoms with van der Waals surface area (Å²) in [7, 11) is 0. The van der Waals surface area contributed by atoms with Gasteiger partial charge >= 0.3 is 0 Å². The molecule has 0 amide bonds. The Morgan fingerprint density at radius 1 is 1.08 bits per heavy atom. The lowest BCUT2D eigenvalue weighted by Crippen LogP contribution is -2.51.